The van der Waals surface area contributed by atoms with E-state index in [4.69, 9.17) is 14.3 Å². The Morgan fingerprint density at radius 1 is 1.36 bits per heavy atom. The minimum atomic E-state index is -2.45. The number of carbonyl (C=O) groups is 1. The van der Waals surface area contributed by atoms with Gasteiger partial charge in [-0.2, -0.15) is 0 Å². The summed E-state index contributed by atoms with van der Waals surface area (Å²) < 4.78 is 9.25. The maximum Gasteiger partial charge on any atom is 0.391 e. The first-order chi connectivity index (χ1) is 6.74. The van der Waals surface area contributed by atoms with Crippen LogP contribution in [-0.4, -0.2) is 16.3 Å². The summed E-state index contributed by atoms with van der Waals surface area (Å²) in [6.45, 7) is 0.361. The van der Waals surface area contributed by atoms with Gasteiger partial charge in [0.25, 0.3) is 6.47 Å². The Morgan fingerprint density at radius 3 is 2.71 bits per heavy atom. The third-order valence-corrected chi connectivity index (χ3v) is 1.82. The van der Waals surface area contributed by atoms with E-state index >= 15 is 0 Å². The molecule has 0 unspecified atom stereocenters. The van der Waals surface area contributed by atoms with E-state index in [-0.39, 0.29) is 6.61 Å². The van der Waals surface area contributed by atoms with Crippen molar-refractivity contribution in [3.8, 4) is 5.75 Å². The van der Waals surface area contributed by atoms with Gasteiger partial charge in [-0.1, -0.05) is 18.2 Å². The molecule has 0 amide bonds. The molecule has 1 rings (SSSR count). The molecule has 0 saturated carbocycles. The van der Waals surface area contributed by atoms with E-state index < -0.39 is 8.60 Å². The van der Waals surface area contributed by atoms with Gasteiger partial charge < -0.3 is 19.0 Å². The van der Waals surface area contributed by atoms with E-state index in [0.717, 1.165) is 0 Å². The lowest BCUT2D eigenvalue weighted by Gasteiger charge is -2.09. The average Bonchev–Trinajstić information content (AvgIpc) is 2.16. The summed E-state index contributed by atoms with van der Waals surface area (Å²) in [5.41, 5.74) is 0.579. The van der Waals surface area contributed by atoms with Crippen molar-refractivity contribution in [2.24, 2.45) is 0 Å². The Bertz CT molecular complexity index is 302. The van der Waals surface area contributed by atoms with Gasteiger partial charge >= 0.3 is 8.60 Å². The Morgan fingerprint density at radius 2 is 2.07 bits per heavy atom. The van der Waals surface area contributed by atoms with Crippen LogP contribution in [0.1, 0.15) is 5.56 Å². The quantitative estimate of drug-likeness (QED) is 0.566. The van der Waals surface area contributed by atoms with Crippen molar-refractivity contribution in [3.05, 3.63) is 29.8 Å². The molecular weight excluding hydrogens is 207 g/mol. The van der Waals surface area contributed by atoms with Gasteiger partial charge in [0.2, 0.25) is 0 Å². The van der Waals surface area contributed by atoms with Gasteiger partial charge in [0.1, 0.15) is 12.4 Å². The molecule has 0 heterocycles. The zero-order valence-electron chi connectivity index (χ0n) is 7.16. The first-order valence-corrected chi connectivity index (χ1v) is 4.89. The Hall–Kier alpha value is -1.16. The third kappa shape index (κ3) is 3.30. The smallest absolute Gasteiger partial charge is 0.391 e. The second-order valence-corrected chi connectivity index (χ2v) is 3.05. The summed E-state index contributed by atoms with van der Waals surface area (Å²) in [4.78, 5) is 27.2. The van der Waals surface area contributed by atoms with E-state index in [1.54, 1.807) is 24.3 Å². The van der Waals surface area contributed by atoms with Gasteiger partial charge in [-0.25, -0.2) is 0 Å². The van der Waals surface area contributed by atoms with Crippen LogP contribution in [0, 0.1) is 0 Å². The summed E-state index contributed by atoms with van der Waals surface area (Å²) in [6.07, 6.45) is 0. The van der Waals surface area contributed by atoms with Crippen LogP contribution in [-0.2, 0) is 16.1 Å². The van der Waals surface area contributed by atoms with Gasteiger partial charge in [0.05, 0.1) is 0 Å². The molecule has 0 aromatic heterocycles. The standard InChI is InChI=1S/C8H9O5P/c9-6-12-5-7-3-1-2-4-8(7)13-14(10)11/h1-4,6,10-11H,5H2. The maximum absolute atomic E-state index is 9.95. The van der Waals surface area contributed by atoms with Crippen LogP contribution in [0.4, 0.5) is 0 Å². The molecular formula is C8H9O5P. The second-order valence-electron chi connectivity index (χ2n) is 2.36. The minimum absolute atomic E-state index is 0.0445. The molecule has 5 nitrogen and oxygen atoms in total. The van der Waals surface area contributed by atoms with Gasteiger partial charge in [0.15, 0.2) is 0 Å². The molecule has 76 valence electrons. The van der Waals surface area contributed by atoms with Crippen molar-refractivity contribution < 1.29 is 23.8 Å². The lowest BCUT2D eigenvalue weighted by Crippen LogP contribution is -1.95. The van der Waals surface area contributed by atoms with Crippen molar-refractivity contribution in [1.29, 1.82) is 0 Å². The molecule has 0 fully saturated rings. The number of carbonyl (C=O) groups excluding carboxylic acids is 1. The Kier molecular flexibility index (Phi) is 4.32. The SMILES string of the molecule is O=COCc1ccccc1OP(O)O. The zero-order valence-corrected chi connectivity index (χ0v) is 8.05. The van der Waals surface area contributed by atoms with E-state index in [2.05, 4.69) is 4.74 Å². The van der Waals surface area contributed by atoms with Crippen LogP contribution in [0.15, 0.2) is 24.3 Å². The maximum atomic E-state index is 9.95. The second kappa shape index (κ2) is 5.54. The summed E-state index contributed by atoms with van der Waals surface area (Å²) in [7, 11) is -2.45. The fourth-order valence-corrected chi connectivity index (χ4v) is 1.28. The van der Waals surface area contributed by atoms with Crippen molar-refractivity contribution >= 4 is 15.1 Å². The fraction of sp³-hybridized carbons (Fsp3) is 0.125. The van der Waals surface area contributed by atoms with Crippen LogP contribution in [0.5, 0.6) is 5.75 Å². The molecule has 0 atom stereocenters. The van der Waals surface area contributed by atoms with Gasteiger partial charge in [0, 0.05) is 5.56 Å². The first-order valence-electron chi connectivity index (χ1n) is 3.73. The van der Waals surface area contributed by atoms with Gasteiger partial charge in [-0.3, -0.25) is 4.79 Å². The van der Waals surface area contributed by atoms with E-state index in [1.165, 1.54) is 0 Å². The molecule has 0 aliphatic carbocycles. The third-order valence-electron chi connectivity index (χ3n) is 1.46. The summed E-state index contributed by atoms with van der Waals surface area (Å²) in [5.74, 6) is 0.297. The van der Waals surface area contributed by atoms with Crippen molar-refractivity contribution in [1.82, 2.24) is 0 Å². The largest absolute Gasteiger partial charge is 0.463 e. The first kappa shape index (κ1) is 10.9. The molecule has 0 bridgehead atoms. The van der Waals surface area contributed by atoms with E-state index in [0.29, 0.717) is 17.8 Å². The zero-order chi connectivity index (χ0) is 10.4. The molecule has 1 aromatic carbocycles. The highest BCUT2D eigenvalue weighted by Crippen LogP contribution is 2.31. The molecule has 0 saturated heterocycles. The molecule has 6 heteroatoms. The van der Waals surface area contributed by atoms with Gasteiger partial charge in [-0.15, -0.1) is 0 Å². The fourth-order valence-electron chi connectivity index (χ4n) is 0.924. The van der Waals surface area contributed by atoms with E-state index in [1.807, 2.05) is 0 Å². The molecule has 0 aliphatic heterocycles. The number of hydrogen-bond donors (Lipinski definition) is 2. The molecule has 0 spiro atoms. The molecule has 2 N–H and O–H groups in total. The van der Waals surface area contributed by atoms with Crippen molar-refractivity contribution in [2.45, 2.75) is 6.61 Å². The topological polar surface area (TPSA) is 76.0 Å². The van der Waals surface area contributed by atoms with Crippen molar-refractivity contribution in [3.63, 3.8) is 0 Å². The lowest BCUT2D eigenvalue weighted by molar-refractivity contribution is -0.129. The number of benzene rings is 1. The number of hydrogen-bond acceptors (Lipinski definition) is 5. The minimum Gasteiger partial charge on any atom is -0.463 e. The molecule has 0 aliphatic rings. The highest BCUT2D eigenvalue weighted by Gasteiger charge is 2.07. The highest BCUT2D eigenvalue weighted by molar-refractivity contribution is 7.39. The molecule has 0 radical (unpaired) electrons. The predicted octanol–water partition coefficient (Wildman–Crippen LogP) is 0.950. The Balaban J connectivity index is 2.74. The predicted molar refractivity (Wildman–Crippen MR) is 49.3 cm³/mol. The number of ether oxygens (including phenoxy) is 1. The number of para-hydroxylation sites is 1. The highest BCUT2D eigenvalue weighted by atomic mass is 31.2. The van der Waals surface area contributed by atoms with Gasteiger partial charge in [-0.05, 0) is 6.07 Å². The van der Waals surface area contributed by atoms with Crippen LogP contribution >= 0.6 is 8.60 Å². The van der Waals surface area contributed by atoms with Crippen LogP contribution < -0.4 is 4.52 Å². The Labute approximate surface area is 81.9 Å². The lowest BCUT2D eigenvalue weighted by atomic mass is 10.2. The van der Waals surface area contributed by atoms with Crippen LogP contribution in [0.25, 0.3) is 0 Å². The van der Waals surface area contributed by atoms with Crippen LogP contribution in [0.3, 0.4) is 0 Å². The summed E-state index contributed by atoms with van der Waals surface area (Å²) in [6, 6.07) is 6.63. The van der Waals surface area contributed by atoms with Crippen LogP contribution in [0.2, 0.25) is 0 Å². The van der Waals surface area contributed by atoms with E-state index in [9.17, 15) is 4.79 Å². The monoisotopic (exact) mass is 216 g/mol. The average molecular weight is 216 g/mol. The molecule has 14 heavy (non-hydrogen) atoms. The summed E-state index contributed by atoms with van der Waals surface area (Å²) >= 11 is 0. The normalized spacial score (nSPS) is 9.93. The summed E-state index contributed by atoms with van der Waals surface area (Å²) in [5, 5.41) is 0. The van der Waals surface area contributed by atoms with Crippen molar-refractivity contribution in [2.75, 3.05) is 0 Å². The molecule has 1 aromatic rings. The number of rotatable bonds is 5.